The minimum atomic E-state index is -0.320. The Balaban J connectivity index is 1.99. The molecule has 1 aromatic heterocycles. The number of ether oxygens (including phenoxy) is 2. The summed E-state index contributed by atoms with van der Waals surface area (Å²) in [6.45, 7) is 4.26. The Hall–Kier alpha value is -1.50. The summed E-state index contributed by atoms with van der Waals surface area (Å²) in [7, 11) is 1.54. The summed E-state index contributed by atoms with van der Waals surface area (Å²) in [6, 6.07) is 4.88. The van der Waals surface area contributed by atoms with Crippen LogP contribution in [0, 0.1) is 5.82 Å². The van der Waals surface area contributed by atoms with Gasteiger partial charge in [0.15, 0.2) is 0 Å². The molecule has 0 saturated carbocycles. The quantitative estimate of drug-likeness (QED) is 0.654. The molecule has 0 unspecified atom stereocenters. The third kappa shape index (κ3) is 4.75. The lowest BCUT2D eigenvalue weighted by Crippen LogP contribution is -2.25. The van der Waals surface area contributed by atoms with E-state index in [-0.39, 0.29) is 18.3 Å². The number of carbonyl (C=O) groups is 1. The number of carbonyl (C=O) groups excluding carboxylic acids is 1. The fourth-order valence-electron chi connectivity index (χ4n) is 2.44. The molecule has 2 rings (SSSR count). The molecule has 4 nitrogen and oxygen atoms in total. The van der Waals surface area contributed by atoms with Crippen LogP contribution in [0.25, 0.3) is 10.1 Å². The molecule has 1 N–H and O–H groups in total. The van der Waals surface area contributed by atoms with Crippen LogP contribution in [0.1, 0.15) is 41.4 Å². The van der Waals surface area contributed by atoms with Crippen LogP contribution in [0.3, 0.4) is 0 Å². The van der Waals surface area contributed by atoms with Crippen molar-refractivity contribution in [1.82, 2.24) is 5.32 Å². The highest BCUT2D eigenvalue weighted by Crippen LogP contribution is 2.33. The number of hydrogen-bond donors (Lipinski definition) is 1. The van der Waals surface area contributed by atoms with Crippen LogP contribution in [0.4, 0.5) is 4.39 Å². The summed E-state index contributed by atoms with van der Waals surface area (Å²) in [4.78, 5) is 13.0. The topological polar surface area (TPSA) is 47.6 Å². The average Bonchev–Trinajstić information content (AvgIpc) is 2.94. The van der Waals surface area contributed by atoms with Crippen molar-refractivity contribution in [2.45, 2.75) is 32.8 Å². The molecule has 0 saturated heterocycles. The number of nitrogens with one attached hydrogen (secondary N) is 1. The minimum absolute atomic E-state index is 0.184. The van der Waals surface area contributed by atoms with E-state index in [2.05, 4.69) is 12.2 Å². The summed E-state index contributed by atoms with van der Waals surface area (Å²) in [6.07, 6.45) is 2.93. The van der Waals surface area contributed by atoms with E-state index >= 15 is 0 Å². The Kier molecular flexibility index (Phi) is 7.62. The number of methoxy groups -OCH3 is 1. The maximum Gasteiger partial charge on any atom is 0.261 e. The summed E-state index contributed by atoms with van der Waals surface area (Å²) in [5.41, 5.74) is 0.618. The van der Waals surface area contributed by atoms with Gasteiger partial charge in [-0.3, -0.25) is 4.79 Å². The maximum absolute atomic E-state index is 14.1. The first-order valence-corrected chi connectivity index (χ1v) is 9.05. The molecule has 0 spiro atoms. The van der Waals surface area contributed by atoms with E-state index in [1.807, 2.05) is 6.07 Å². The Morgan fingerprint density at radius 1 is 1.29 bits per heavy atom. The van der Waals surface area contributed by atoms with Gasteiger partial charge in [0.05, 0.1) is 11.5 Å². The van der Waals surface area contributed by atoms with Crippen molar-refractivity contribution in [1.29, 1.82) is 0 Å². The lowest BCUT2D eigenvalue weighted by Gasteiger charge is -2.07. The van der Waals surface area contributed by atoms with Crippen LogP contribution in [-0.4, -0.2) is 32.8 Å². The number of rotatable bonds is 10. The predicted octanol–water partition coefficient (Wildman–Crippen LogP) is 4.12. The number of thiophene rings is 1. The van der Waals surface area contributed by atoms with Crippen molar-refractivity contribution in [2.75, 3.05) is 26.9 Å². The van der Waals surface area contributed by atoms with Crippen LogP contribution >= 0.6 is 11.3 Å². The van der Waals surface area contributed by atoms with Crippen LogP contribution in [0.15, 0.2) is 18.2 Å². The van der Waals surface area contributed by atoms with Crippen LogP contribution in [-0.2, 0) is 16.1 Å². The van der Waals surface area contributed by atoms with E-state index in [1.54, 1.807) is 13.2 Å². The Morgan fingerprint density at radius 2 is 2.08 bits per heavy atom. The third-order valence-corrected chi connectivity index (χ3v) is 4.85. The average molecular weight is 353 g/mol. The van der Waals surface area contributed by atoms with E-state index in [0.29, 0.717) is 29.0 Å². The number of fused-ring (bicyclic) bond motifs is 1. The number of unbranched alkanes of at least 4 members (excludes halogenated alkanes) is 1. The maximum atomic E-state index is 14.1. The standard InChI is InChI=1S/C18H24FNO3S/c1-3-4-10-23-11-6-9-20-18(21)17-13(12-22-2)16-14(19)7-5-8-15(16)24-17/h5,7-8H,3-4,6,9-12H2,1-2H3,(H,20,21). The monoisotopic (exact) mass is 353 g/mol. The molecule has 24 heavy (non-hydrogen) atoms. The molecule has 132 valence electrons. The smallest absolute Gasteiger partial charge is 0.261 e. The highest BCUT2D eigenvalue weighted by atomic mass is 32.1. The van der Waals surface area contributed by atoms with E-state index in [1.165, 1.54) is 17.4 Å². The zero-order chi connectivity index (χ0) is 17.4. The number of benzene rings is 1. The van der Waals surface area contributed by atoms with Crippen molar-refractivity contribution in [3.05, 3.63) is 34.5 Å². The molecule has 0 aliphatic carbocycles. The van der Waals surface area contributed by atoms with E-state index in [4.69, 9.17) is 9.47 Å². The Morgan fingerprint density at radius 3 is 2.83 bits per heavy atom. The second kappa shape index (κ2) is 9.71. The molecule has 0 radical (unpaired) electrons. The van der Waals surface area contributed by atoms with Crippen LogP contribution in [0.2, 0.25) is 0 Å². The Labute approximate surface area is 146 Å². The highest BCUT2D eigenvalue weighted by Gasteiger charge is 2.20. The van der Waals surface area contributed by atoms with Crippen LogP contribution < -0.4 is 5.32 Å². The molecule has 0 aliphatic rings. The van der Waals surface area contributed by atoms with Crippen molar-refractivity contribution < 1.29 is 18.7 Å². The highest BCUT2D eigenvalue weighted by molar-refractivity contribution is 7.21. The Bertz CT molecular complexity index is 672. The fourth-order valence-corrected chi connectivity index (χ4v) is 3.58. The second-order valence-corrected chi connectivity index (χ2v) is 6.58. The number of halogens is 1. The molecule has 6 heteroatoms. The molecule has 0 fully saturated rings. The van der Waals surface area contributed by atoms with Gasteiger partial charge in [0.25, 0.3) is 5.91 Å². The van der Waals surface area contributed by atoms with E-state index in [9.17, 15) is 9.18 Å². The second-order valence-electron chi connectivity index (χ2n) is 5.53. The third-order valence-electron chi connectivity index (χ3n) is 3.65. The fraction of sp³-hybridized carbons (Fsp3) is 0.500. The first-order chi connectivity index (χ1) is 11.7. The van der Waals surface area contributed by atoms with Gasteiger partial charge < -0.3 is 14.8 Å². The zero-order valence-corrected chi connectivity index (χ0v) is 15.0. The summed E-state index contributed by atoms with van der Waals surface area (Å²) in [5, 5.41) is 3.37. The van der Waals surface area contributed by atoms with Crippen molar-refractivity contribution in [3.63, 3.8) is 0 Å². The van der Waals surface area contributed by atoms with Crippen LogP contribution in [0.5, 0.6) is 0 Å². The molecule has 1 aromatic carbocycles. The van der Waals surface area contributed by atoms with E-state index < -0.39 is 0 Å². The first kappa shape index (κ1) is 18.8. The molecular weight excluding hydrogens is 329 g/mol. The van der Waals surface area contributed by atoms with Gasteiger partial charge in [-0.2, -0.15) is 0 Å². The molecule has 0 aliphatic heterocycles. The first-order valence-electron chi connectivity index (χ1n) is 8.23. The van der Waals surface area contributed by atoms with Gasteiger partial charge in [0, 0.05) is 42.5 Å². The summed E-state index contributed by atoms with van der Waals surface area (Å²) in [5.74, 6) is -0.504. The normalized spacial score (nSPS) is 11.1. The molecule has 1 heterocycles. The van der Waals surface area contributed by atoms with E-state index in [0.717, 1.165) is 30.6 Å². The summed E-state index contributed by atoms with van der Waals surface area (Å²) >= 11 is 1.30. The molecule has 1 amide bonds. The lowest BCUT2D eigenvalue weighted by atomic mass is 10.1. The summed E-state index contributed by atoms with van der Waals surface area (Å²) < 4.78 is 25.5. The molecular formula is C18H24FNO3S. The minimum Gasteiger partial charge on any atom is -0.381 e. The van der Waals surface area contributed by atoms with Gasteiger partial charge in [-0.15, -0.1) is 11.3 Å². The van der Waals surface area contributed by atoms with Gasteiger partial charge >= 0.3 is 0 Å². The zero-order valence-electron chi connectivity index (χ0n) is 14.2. The molecule has 2 aromatic rings. The lowest BCUT2D eigenvalue weighted by molar-refractivity contribution is 0.0940. The molecule has 0 atom stereocenters. The van der Waals surface area contributed by atoms with Gasteiger partial charge in [-0.25, -0.2) is 4.39 Å². The van der Waals surface area contributed by atoms with Crippen molar-refractivity contribution in [2.24, 2.45) is 0 Å². The van der Waals surface area contributed by atoms with Crippen molar-refractivity contribution in [3.8, 4) is 0 Å². The van der Waals surface area contributed by atoms with Gasteiger partial charge in [-0.05, 0) is 25.0 Å². The van der Waals surface area contributed by atoms with Crippen molar-refractivity contribution >= 4 is 27.3 Å². The predicted molar refractivity (Wildman–Crippen MR) is 95.2 cm³/mol. The molecule has 0 bridgehead atoms. The van der Waals surface area contributed by atoms with Gasteiger partial charge in [-0.1, -0.05) is 19.4 Å². The number of amides is 1. The number of hydrogen-bond acceptors (Lipinski definition) is 4. The van der Waals surface area contributed by atoms with Gasteiger partial charge in [0.2, 0.25) is 0 Å². The largest absolute Gasteiger partial charge is 0.381 e. The SMILES string of the molecule is CCCCOCCCNC(=O)c1sc2cccc(F)c2c1COC. The van der Waals surface area contributed by atoms with Gasteiger partial charge in [0.1, 0.15) is 5.82 Å².